The Balaban J connectivity index is 2.83. The van der Waals surface area contributed by atoms with Crippen LogP contribution in [0, 0.1) is 0 Å². The van der Waals surface area contributed by atoms with Crippen molar-refractivity contribution in [2.45, 2.75) is 13.8 Å². The van der Waals surface area contributed by atoms with Crippen LogP contribution in [0.25, 0.3) is 0 Å². The third kappa shape index (κ3) is 2.54. The molecule has 0 aliphatic rings. The van der Waals surface area contributed by atoms with Crippen LogP contribution >= 0.6 is 0 Å². The Morgan fingerprint density at radius 1 is 1.15 bits per heavy atom. The Morgan fingerprint density at radius 3 is 2.46 bits per heavy atom. The Hall–Kier alpha value is -1.38. The van der Waals surface area contributed by atoms with E-state index in [1.54, 1.807) is 6.07 Å². The van der Waals surface area contributed by atoms with Crippen LogP contribution in [0.3, 0.4) is 0 Å². The Morgan fingerprint density at radius 2 is 1.85 bits per heavy atom. The van der Waals surface area contributed by atoms with Crippen molar-refractivity contribution in [1.29, 1.82) is 0 Å². The predicted molar refractivity (Wildman–Crippen MR) is 56.4 cm³/mol. The Bertz CT molecular complexity index is 274. The van der Waals surface area contributed by atoms with Gasteiger partial charge in [-0.05, 0) is 32.0 Å². The quantitative estimate of drug-likeness (QED) is 0.492. The molecule has 3 nitrogen and oxygen atoms in total. The molecule has 1 aromatic carbocycles. The second kappa shape index (κ2) is 4.60. The SMILES string of the molecule is CCNc1ccc(O)c(NCC)c1. The number of phenolic OH excluding ortho intramolecular Hbond substituents is 1. The molecule has 0 aromatic heterocycles. The molecular weight excluding hydrogens is 164 g/mol. The van der Waals surface area contributed by atoms with Crippen molar-refractivity contribution in [2.24, 2.45) is 0 Å². The van der Waals surface area contributed by atoms with Crippen LogP contribution in [0.2, 0.25) is 0 Å². The highest BCUT2D eigenvalue weighted by Crippen LogP contribution is 2.26. The van der Waals surface area contributed by atoms with E-state index in [0.717, 1.165) is 24.5 Å². The molecule has 1 rings (SSSR count). The lowest BCUT2D eigenvalue weighted by atomic mass is 10.2. The van der Waals surface area contributed by atoms with E-state index in [2.05, 4.69) is 10.6 Å². The fourth-order valence-electron chi connectivity index (χ4n) is 1.18. The second-order valence-corrected chi connectivity index (χ2v) is 2.79. The highest BCUT2D eigenvalue weighted by Gasteiger charge is 1.99. The summed E-state index contributed by atoms with van der Waals surface area (Å²) in [5, 5.41) is 15.7. The van der Waals surface area contributed by atoms with Crippen molar-refractivity contribution in [3.05, 3.63) is 18.2 Å². The molecule has 0 aliphatic heterocycles. The van der Waals surface area contributed by atoms with Crippen LogP contribution < -0.4 is 10.6 Å². The molecule has 72 valence electrons. The molecule has 3 heteroatoms. The third-order valence-electron chi connectivity index (χ3n) is 1.74. The summed E-state index contributed by atoms with van der Waals surface area (Å²) in [4.78, 5) is 0. The fourth-order valence-corrected chi connectivity index (χ4v) is 1.18. The predicted octanol–water partition coefficient (Wildman–Crippen LogP) is 2.26. The normalized spacial score (nSPS) is 9.69. The molecule has 1 aromatic rings. The number of hydrogen-bond donors (Lipinski definition) is 3. The van der Waals surface area contributed by atoms with Gasteiger partial charge in [-0.3, -0.25) is 0 Å². The first-order valence-electron chi connectivity index (χ1n) is 4.58. The molecule has 0 fully saturated rings. The zero-order chi connectivity index (χ0) is 9.68. The number of rotatable bonds is 4. The smallest absolute Gasteiger partial charge is 0.138 e. The Labute approximate surface area is 78.8 Å². The first kappa shape index (κ1) is 9.71. The maximum atomic E-state index is 9.44. The molecule has 0 bridgehead atoms. The van der Waals surface area contributed by atoms with E-state index in [1.807, 2.05) is 26.0 Å². The van der Waals surface area contributed by atoms with Crippen molar-refractivity contribution in [1.82, 2.24) is 0 Å². The molecule has 3 N–H and O–H groups in total. The molecule has 0 heterocycles. The first-order chi connectivity index (χ1) is 6.27. The molecule has 0 aliphatic carbocycles. The molecule has 13 heavy (non-hydrogen) atoms. The number of phenols is 1. The largest absolute Gasteiger partial charge is 0.506 e. The lowest BCUT2D eigenvalue weighted by molar-refractivity contribution is 0.477. The van der Waals surface area contributed by atoms with E-state index in [-0.39, 0.29) is 0 Å². The molecule has 0 radical (unpaired) electrons. The topological polar surface area (TPSA) is 44.3 Å². The van der Waals surface area contributed by atoms with Gasteiger partial charge < -0.3 is 15.7 Å². The summed E-state index contributed by atoms with van der Waals surface area (Å²) in [5.41, 5.74) is 1.80. The van der Waals surface area contributed by atoms with Gasteiger partial charge in [-0.25, -0.2) is 0 Å². The minimum absolute atomic E-state index is 0.295. The first-order valence-corrected chi connectivity index (χ1v) is 4.58. The zero-order valence-corrected chi connectivity index (χ0v) is 8.09. The van der Waals surface area contributed by atoms with Crippen molar-refractivity contribution < 1.29 is 5.11 Å². The summed E-state index contributed by atoms with van der Waals surface area (Å²) < 4.78 is 0. The monoisotopic (exact) mass is 180 g/mol. The molecule has 0 amide bonds. The van der Waals surface area contributed by atoms with Gasteiger partial charge in [0.1, 0.15) is 5.75 Å². The molecule has 0 saturated heterocycles. The minimum Gasteiger partial charge on any atom is -0.506 e. The van der Waals surface area contributed by atoms with Gasteiger partial charge in [-0.2, -0.15) is 0 Å². The summed E-state index contributed by atoms with van der Waals surface area (Å²) >= 11 is 0. The number of nitrogens with one attached hydrogen (secondary N) is 2. The molecule has 0 spiro atoms. The summed E-state index contributed by atoms with van der Waals surface area (Å²) in [6, 6.07) is 5.46. The van der Waals surface area contributed by atoms with Gasteiger partial charge in [0.2, 0.25) is 0 Å². The van der Waals surface area contributed by atoms with E-state index in [1.165, 1.54) is 0 Å². The number of anilines is 2. The highest BCUT2D eigenvalue weighted by atomic mass is 16.3. The average Bonchev–Trinajstić information content (AvgIpc) is 2.12. The van der Waals surface area contributed by atoms with E-state index in [0.29, 0.717) is 5.75 Å². The third-order valence-corrected chi connectivity index (χ3v) is 1.74. The number of hydrogen-bond acceptors (Lipinski definition) is 3. The molecule has 0 unspecified atom stereocenters. The Kier molecular flexibility index (Phi) is 3.43. The van der Waals surface area contributed by atoms with Gasteiger partial charge in [0.25, 0.3) is 0 Å². The standard InChI is InChI=1S/C10H16N2O/c1-3-11-8-5-6-10(13)9(7-8)12-4-2/h5-7,11-13H,3-4H2,1-2H3. The van der Waals surface area contributed by atoms with Gasteiger partial charge in [-0.15, -0.1) is 0 Å². The van der Waals surface area contributed by atoms with E-state index in [4.69, 9.17) is 0 Å². The van der Waals surface area contributed by atoms with Crippen molar-refractivity contribution in [3.63, 3.8) is 0 Å². The van der Waals surface area contributed by atoms with Crippen LogP contribution in [-0.4, -0.2) is 18.2 Å². The second-order valence-electron chi connectivity index (χ2n) is 2.79. The van der Waals surface area contributed by atoms with Crippen LogP contribution in [0.15, 0.2) is 18.2 Å². The van der Waals surface area contributed by atoms with Gasteiger partial charge in [0.05, 0.1) is 5.69 Å². The summed E-state index contributed by atoms with van der Waals surface area (Å²) in [5.74, 6) is 0.295. The summed E-state index contributed by atoms with van der Waals surface area (Å²) in [6.45, 7) is 5.73. The molecule has 0 saturated carbocycles. The molecular formula is C10H16N2O. The fraction of sp³-hybridized carbons (Fsp3) is 0.400. The minimum atomic E-state index is 0.295. The van der Waals surface area contributed by atoms with E-state index >= 15 is 0 Å². The van der Waals surface area contributed by atoms with Crippen LogP contribution in [-0.2, 0) is 0 Å². The van der Waals surface area contributed by atoms with Crippen LogP contribution in [0.4, 0.5) is 11.4 Å². The number of aromatic hydroxyl groups is 1. The van der Waals surface area contributed by atoms with Crippen molar-refractivity contribution >= 4 is 11.4 Å². The maximum Gasteiger partial charge on any atom is 0.138 e. The lowest BCUT2D eigenvalue weighted by Crippen LogP contribution is -2.00. The lowest BCUT2D eigenvalue weighted by Gasteiger charge is -2.09. The van der Waals surface area contributed by atoms with Crippen LogP contribution in [0.5, 0.6) is 5.75 Å². The van der Waals surface area contributed by atoms with Gasteiger partial charge in [-0.1, -0.05) is 0 Å². The van der Waals surface area contributed by atoms with Crippen molar-refractivity contribution in [3.8, 4) is 5.75 Å². The average molecular weight is 180 g/mol. The van der Waals surface area contributed by atoms with E-state index in [9.17, 15) is 5.11 Å². The number of benzene rings is 1. The van der Waals surface area contributed by atoms with E-state index < -0.39 is 0 Å². The maximum absolute atomic E-state index is 9.44. The van der Waals surface area contributed by atoms with Crippen LogP contribution in [0.1, 0.15) is 13.8 Å². The zero-order valence-electron chi connectivity index (χ0n) is 8.09. The van der Waals surface area contributed by atoms with Crippen molar-refractivity contribution in [2.75, 3.05) is 23.7 Å². The summed E-state index contributed by atoms with van der Waals surface area (Å²) in [7, 11) is 0. The van der Waals surface area contributed by atoms with Gasteiger partial charge >= 0.3 is 0 Å². The van der Waals surface area contributed by atoms with Gasteiger partial charge in [0.15, 0.2) is 0 Å². The van der Waals surface area contributed by atoms with Gasteiger partial charge in [0, 0.05) is 18.8 Å². The molecule has 0 atom stereocenters. The summed E-state index contributed by atoms with van der Waals surface area (Å²) in [6.07, 6.45) is 0. The highest BCUT2D eigenvalue weighted by molar-refractivity contribution is 5.64.